The van der Waals surface area contributed by atoms with Crippen LogP contribution in [0, 0.1) is 81.0 Å². The van der Waals surface area contributed by atoms with Gasteiger partial charge in [-0.3, -0.25) is 4.52 Å². The Balaban J connectivity index is 0.988. The molecule has 8 saturated heterocycles. The zero-order chi connectivity index (χ0) is 44.3. The summed E-state index contributed by atoms with van der Waals surface area (Å²) < 4.78 is 63.1. The maximum absolute atomic E-state index is 15.4. The molecule has 2 aliphatic carbocycles. The monoisotopic (exact) mass is 894 g/mol. The molecule has 2 saturated carbocycles. The third kappa shape index (κ3) is 7.48. The molecule has 4 bridgehead atoms. The van der Waals surface area contributed by atoms with Crippen molar-refractivity contribution in [3.8, 4) is 11.5 Å². The summed E-state index contributed by atoms with van der Waals surface area (Å²) in [6, 6.07) is 11.7. The number of phosphoric ester groups is 1. The lowest BCUT2D eigenvalue weighted by molar-refractivity contribution is -0.571. The fraction of sp³-hybridized carbons (Fsp3) is 0.760. The molecule has 0 radical (unpaired) electrons. The third-order valence-corrected chi connectivity index (χ3v) is 18.7. The highest BCUT2D eigenvalue weighted by molar-refractivity contribution is 7.49. The molecular formula is C50H71O12P. The normalized spacial score (nSPS) is 44.0. The zero-order valence-corrected chi connectivity index (χ0v) is 40.0. The molecule has 8 heterocycles. The summed E-state index contributed by atoms with van der Waals surface area (Å²) in [6.07, 6.45) is 7.25. The molecule has 16 atom stereocenters. The van der Waals surface area contributed by atoms with Crippen molar-refractivity contribution in [3.05, 3.63) is 58.7 Å². The van der Waals surface area contributed by atoms with Gasteiger partial charge in [0.15, 0.2) is 23.8 Å². The molecule has 12 nitrogen and oxygen atoms in total. The maximum atomic E-state index is 15.4. The van der Waals surface area contributed by atoms with E-state index in [1.807, 2.05) is 77.9 Å². The van der Waals surface area contributed by atoms with Crippen molar-refractivity contribution in [2.75, 3.05) is 6.61 Å². The van der Waals surface area contributed by atoms with E-state index in [1.54, 1.807) is 0 Å². The van der Waals surface area contributed by atoms with E-state index in [2.05, 4.69) is 27.7 Å². The van der Waals surface area contributed by atoms with Crippen LogP contribution in [0.4, 0.5) is 0 Å². The highest BCUT2D eigenvalue weighted by Crippen LogP contribution is 2.63. The number of phosphoric acid groups is 1. The quantitative estimate of drug-likeness (QED) is 0.158. The predicted octanol–water partition coefficient (Wildman–Crippen LogP) is 11.4. The van der Waals surface area contributed by atoms with Gasteiger partial charge in [-0.15, -0.1) is 0 Å². The smallest absolute Gasteiger partial charge is 0.395 e. The van der Waals surface area contributed by atoms with Crippen LogP contribution in [0.3, 0.4) is 0 Å². The van der Waals surface area contributed by atoms with Crippen LogP contribution in [0.2, 0.25) is 0 Å². The first-order chi connectivity index (χ1) is 30.0. The SMILES string of the molecule is Cc1cccc(C)c1OP(=O)(OCC(C[C@H]1O[C@@H]2O[C@@]3(C)CC[C@H]4[C@H](C)CC[C@@H]([C@H]1C)[C@@]24OO3)C[C@H]1O[C@@H]2O[C@@]3(C)CC[C@H]4[C@H](C)CC[C@@H]([C@H]1C)[C@@]24OO3)Oc1c(C)cccc1C. The van der Waals surface area contributed by atoms with Crippen molar-refractivity contribution in [1.82, 2.24) is 0 Å². The molecule has 10 aliphatic rings. The van der Waals surface area contributed by atoms with Crippen LogP contribution < -0.4 is 9.05 Å². The van der Waals surface area contributed by atoms with Crippen molar-refractivity contribution in [1.29, 1.82) is 0 Å². The zero-order valence-electron chi connectivity index (χ0n) is 39.1. The number of hydrogen-bond donors (Lipinski definition) is 0. The summed E-state index contributed by atoms with van der Waals surface area (Å²) in [5, 5.41) is 0. The van der Waals surface area contributed by atoms with Crippen LogP contribution in [0.5, 0.6) is 11.5 Å². The lowest BCUT2D eigenvalue weighted by Crippen LogP contribution is -2.70. The molecule has 0 unspecified atom stereocenters. The average Bonchev–Trinajstić information content (AvgIpc) is 3.62. The summed E-state index contributed by atoms with van der Waals surface area (Å²) in [7, 11) is -4.31. The van der Waals surface area contributed by atoms with Gasteiger partial charge in [-0.2, -0.15) is 0 Å². The van der Waals surface area contributed by atoms with E-state index in [4.69, 9.17) is 52.1 Å². The molecule has 2 aromatic carbocycles. The summed E-state index contributed by atoms with van der Waals surface area (Å²) in [5.41, 5.74) is 2.00. The number of aryl methyl sites for hydroxylation is 4. The molecule has 0 N–H and O–H groups in total. The van der Waals surface area contributed by atoms with Crippen LogP contribution in [0.15, 0.2) is 36.4 Å². The lowest BCUT2D eigenvalue weighted by atomic mass is 9.56. The average molecular weight is 895 g/mol. The van der Waals surface area contributed by atoms with Crippen LogP contribution in [-0.2, 0) is 47.6 Å². The minimum Gasteiger partial charge on any atom is -0.395 e. The van der Waals surface area contributed by atoms with Gasteiger partial charge in [0.2, 0.25) is 11.6 Å². The van der Waals surface area contributed by atoms with E-state index >= 15 is 4.57 Å². The first-order valence-corrected chi connectivity index (χ1v) is 25.6. The Morgan fingerprint density at radius 3 is 1.43 bits per heavy atom. The number of para-hydroxylation sites is 2. The fourth-order valence-corrected chi connectivity index (χ4v) is 15.3. The van der Waals surface area contributed by atoms with Gasteiger partial charge in [-0.25, -0.2) is 24.1 Å². The summed E-state index contributed by atoms with van der Waals surface area (Å²) in [6.45, 7) is 21.1. The highest BCUT2D eigenvalue weighted by atomic mass is 31.2. The van der Waals surface area contributed by atoms with Gasteiger partial charge in [0.25, 0.3) is 0 Å². The summed E-state index contributed by atoms with van der Waals surface area (Å²) >= 11 is 0. The second-order valence-electron chi connectivity index (χ2n) is 21.6. The molecule has 10 fully saturated rings. The van der Waals surface area contributed by atoms with Gasteiger partial charge in [0.1, 0.15) is 11.5 Å². The fourth-order valence-electron chi connectivity index (χ4n) is 13.8. The Kier molecular flexibility index (Phi) is 11.6. The van der Waals surface area contributed by atoms with Gasteiger partial charge in [0.05, 0.1) is 18.8 Å². The van der Waals surface area contributed by atoms with Crippen molar-refractivity contribution in [2.45, 2.75) is 181 Å². The second-order valence-corrected chi connectivity index (χ2v) is 23.1. The molecule has 2 spiro atoms. The number of fused-ring (bicyclic) bond motifs is 4. The first kappa shape index (κ1) is 44.7. The van der Waals surface area contributed by atoms with E-state index in [9.17, 15) is 0 Å². The minimum absolute atomic E-state index is 0.0724. The standard InChI is InChI=1S/C50H71O12P/c1-28-17-19-39-34(7)41(53-45-49(39)37(28)21-23-47(9,55-45)59-61-49)25-36(26-42-35(8)40-20-18-29(2)38-22-24-48(10)56-46(54-42)50(38,40)62-60-48)27-52-63(51,57-43-30(3)13-11-14-31(43)4)58-44-32(5)15-12-16-33(44)6/h11-16,28-29,34-42,45-46H,17-27H2,1-10H3/t28-,29-,34-,35-,37+,38+,39+,40+,41-,42-,45-,46-,47-,48-,49-,50-/m1/s1. The van der Waals surface area contributed by atoms with Gasteiger partial charge < -0.3 is 28.0 Å². The topological polar surface area (TPSA) is 119 Å². The van der Waals surface area contributed by atoms with E-state index in [-0.39, 0.29) is 60.2 Å². The van der Waals surface area contributed by atoms with Crippen molar-refractivity contribution in [3.63, 3.8) is 0 Å². The van der Waals surface area contributed by atoms with E-state index in [0.29, 0.717) is 36.2 Å². The van der Waals surface area contributed by atoms with Crippen molar-refractivity contribution < 1.29 is 56.6 Å². The van der Waals surface area contributed by atoms with Crippen LogP contribution in [0.25, 0.3) is 0 Å². The predicted molar refractivity (Wildman–Crippen MR) is 233 cm³/mol. The molecule has 0 amide bonds. The van der Waals surface area contributed by atoms with E-state index < -0.39 is 43.2 Å². The van der Waals surface area contributed by atoms with Gasteiger partial charge in [-0.1, -0.05) is 64.1 Å². The van der Waals surface area contributed by atoms with Gasteiger partial charge in [0, 0.05) is 24.7 Å². The Morgan fingerprint density at radius 2 is 1.02 bits per heavy atom. The van der Waals surface area contributed by atoms with E-state index in [1.165, 1.54) is 0 Å². The summed E-state index contributed by atoms with van der Waals surface area (Å²) in [5.74, 6) is 0.992. The van der Waals surface area contributed by atoms with Gasteiger partial charge >= 0.3 is 7.82 Å². The maximum Gasteiger partial charge on any atom is 0.587 e. The first-order valence-electron chi connectivity index (χ1n) is 24.1. The molecule has 2 aromatic rings. The lowest BCUT2D eigenvalue weighted by Gasteiger charge is -2.61. The number of benzene rings is 2. The second kappa shape index (κ2) is 16.3. The Hall–Kier alpha value is -2.09. The van der Waals surface area contributed by atoms with E-state index in [0.717, 1.165) is 73.6 Å². The molecule has 12 rings (SSSR count). The van der Waals surface area contributed by atoms with Crippen molar-refractivity contribution in [2.24, 2.45) is 53.3 Å². The molecule has 348 valence electrons. The number of rotatable bonds is 11. The van der Waals surface area contributed by atoms with Crippen LogP contribution >= 0.6 is 7.82 Å². The summed E-state index contributed by atoms with van der Waals surface area (Å²) in [4.78, 5) is 25.4. The highest BCUT2D eigenvalue weighted by Gasteiger charge is 2.71. The Labute approximate surface area is 374 Å². The Bertz CT molecular complexity index is 1910. The number of ether oxygens (including phenoxy) is 4. The van der Waals surface area contributed by atoms with Crippen LogP contribution in [0.1, 0.15) is 128 Å². The third-order valence-electron chi connectivity index (χ3n) is 17.4. The molecule has 0 aromatic heterocycles. The molecular weight excluding hydrogens is 824 g/mol. The minimum atomic E-state index is -4.31. The molecule has 63 heavy (non-hydrogen) atoms. The largest absolute Gasteiger partial charge is 0.587 e. The molecule has 13 heteroatoms. The molecule has 8 aliphatic heterocycles. The Morgan fingerprint density at radius 1 is 0.603 bits per heavy atom. The van der Waals surface area contributed by atoms with Gasteiger partial charge in [-0.05, 0) is 157 Å². The number of hydrogen-bond acceptors (Lipinski definition) is 12. The van der Waals surface area contributed by atoms with Crippen LogP contribution in [-0.4, -0.2) is 54.2 Å². The van der Waals surface area contributed by atoms with Crippen molar-refractivity contribution >= 4 is 7.82 Å².